The summed E-state index contributed by atoms with van der Waals surface area (Å²) in [5.41, 5.74) is 12.2. The number of aryl methyl sites for hydroxylation is 1. The van der Waals surface area contributed by atoms with Crippen LogP contribution in [0.5, 0.6) is 0 Å². The Kier molecular flexibility index (Phi) is 4.25. The van der Waals surface area contributed by atoms with E-state index in [9.17, 15) is 4.79 Å². The summed E-state index contributed by atoms with van der Waals surface area (Å²) in [5.74, 6) is 0.0461. The van der Waals surface area contributed by atoms with E-state index in [1.165, 1.54) is 0 Å². The average molecular weight is 222 g/mol. The Balaban J connectivity index is 3.03. The maximum absolute atomic E-state index is 11.3. The van der Waals surface area contributed by atoms with Gasteiger partial charge in [0.2, 0.25) is 0 Å². The normalized spacial score (nSPS) is 12.2. The van der Waals surface area contributed by atoms with Crippen LogP contribution in [0.15, 0.2) is 12.3 Å². The molecule has 1 heterocycles. The number of rotatable bonds is 5. The van der Waals surface area contributed by atoms with Gasteiger partial charge in [-0.05, 0) is 25.0 Å². The summed E-state index contributed by atoms with van der Waals surface area (Å²) in [6.07, 6.45) is 2.51. The maximum atomic E-state index is 11.3. The van der Waals surface area contributed by atoms with E-state index in [0.717, 1.165) is 12.0 Å². The summed E-state index contributed by atoms with van der Waals surface area (Å²) in [6.45, 7) is 4.34. The molecule has 0 aliphatic rings. The van der Waals surface area contributed by atoms with Crippen molar-refractivity contribution in [3.63, 3.8) is 0 Å². The first-order chi connectivity index (χ1) is 7.60. The van der Waals surface area contributed by atoms with Crippen LogP contribution >= 0.6 is 0 Å². The Morgan fingerprint density at radius 3 is 2.81 bits per heavy atom. The first-order valence-electron chi connectivity index (χ1n) is 5.32. The molecular weight excluding hydrogens is 204 g/mol. The van der Waals surface area contributed by atoms with E-state index >= 15 is 0 Å². The molecule has 5 heteroatoms. The predicted octanol–water partition coefficient (Wildman–Crippen LogP) is 0.638. The maximum Gasteiger partial charge on any atom is 0.252 e. The molecule has 0 aliphatic heterocycles. The molecule has 1 amide bonds. The molecule has 88 valence electrons. The van der Waals surface area contributed by atoms with Crippen LogP contribution in [0.3, 0.4) is 0 Å². The minimum Gasteiger partial charge on any atom is -0.365 e. The molecular formula is C11H18N4O. The Bertz CT molecular complexity index is 374. The minimum atomic E-state index is -0.472. The van der Waals surface area contributed by atoms with Gasteiger partial charge in [-0.15, -0.1) is 0 Å². The molecule has 16 heavy (non-hydrogen) atoms. The smallest absolute Gasteiger partial charge is 0.252 e. The Morgan fingerprint density at radius 1 is 1.62 bits per heavy atom. The lowest BCUT2D eigenvalue weighted by Gasteiger charge is -2.17. The Morgan fingerprint density at radius 2 is 2.31 bits per heavy atom. The summed E-state index contributed by atoms with van der Waals surface area (Å²) in [4.78, 5) is 15.4. The third kappa shape index (κ3) is 2.70. The summed E-state index contributed by atoms with van der Waals surface area (Å²) in [7, 11) is 0. The van der Waals surface area contributed by atoms with Crippen LogP contribution in [-0.2, 0) is 0 Å². The van der Waals surface area contributed by atoms with Crippen LogP contribution in [-0.4, -0.2) is 23.5 Å². The van der Waals surface area contributed by atoms with Crippen molar-refractivity contribution in [1.29, 1.82) is 0 Å². The molecule has 0 spiro atoms. The molecule has 5 N–H and O–H groups in total. The standard InChI is InChI=1S/C11H18N4O/c1-3-8(6-12)15-11-9(10(13)16)7(2)4-5-14-11/h4-5,8H,3,6,12H2,1-2H3,(H2,13,16)(H,14,15). The first kappa shape index (κ1) is 12.4. The number of hydrogen-bond acceptors (Lipinski definition) is 4. The molecule has 1 atom stereocenters. The van der Waals surface area contributed by atoms with Gasteiger partial charge in [-0.2, -0.15) is 0 Å². The van der Waals surface area contributed by atoms with Gasteiger partial charge in [-0.3, -0.25) is 4.79 Å². The van der Waals surface area contributed by atoms with E-state index < -0.39 is 5.91 Å². The van der Waals surface area contributed by atoms with Gasteiger partial charge in [0.25, 0.3) is 5.91 Å². The number of anilines is 1. The highest BCUT2D eigenvalue weighted by atomic mass is 16.1. The van der Waals surface area contributed by atoms with Gasteiger partial charge >= 0.3 is 0 Å². The lowest BCUT2D eigenvalue weighted by Crippen LogP contribution is -2.30. The Labute approximate surface area is 95.2 Å². The van der Waals surface area contributed by atoms with E-state index in [1.807, 2.05) is 13.8 Å². The fraction of sp³-hybridized carbons (Fsp3) is 0.455. The monoisotopic (exact) mass is 222 g/mol. The minimum absolute atomic E-state index is 0.104. The van der Waals surface area contributed by atoms with Crippen LogP contribution < -0.4 is 16.8 Å². The number of aromatic nitrogens is 1. The van der Waals surface area contributed by atoms with Crippen molar-refractivity contribution in [1.82, 2.24) is 4.98 Å². The summed E-state index contributed by atoms with van der Waals surface area (Å²) < 4.78 is 0. The van der Waals surface area contributed by atoms with Gasteiger partial charge in [0.15, 0.2) is 0 Å². The highest BCUT2D eigenvalue weighted by Gasteiger charge is 2.14. The molecule has 0 aliphatic carbocycles. The number of carbonyl (C=O) groups is 1. The largest absolute Gasteiger partial charge is 0.365 e. The second-order valence-electron chi connectivity index (χ2n) is 3.70. The third-order valence-corrected chi connectivity index (χ3v) is 2.52. The summed E-state index contributed by atoms with van der Waals surface area (Å²) >= 11 is 0. The second-order valence-corrected chi connectivity index (χ2v) is 3.70. The quantitative estimate of drug-likeness (QED) is 0.681. The van der Waals surface area contributed by atoms with E-state index in [0.29, 0.717) is 17.9 Å². The molecule has 1 aromatic rings. The average Bonchev–Trinajstić information content (AvgIpc) is 2.25. The van der Waals surface area contributed by atoms with E-state index in [1.54, 1.807) is 12.3 Å². The highest BCUT2D eigenvalue weighted by molar-refractivity contribution is 5.99. The van der Waals surface area contributed by atoms with Gasteiger partial charge in [0.1, 0.15) is 5.82 Å². The zero-order valence-corrected chi connectivity index (χ0v) is 9.66. The third-order valence-electron chi connectivity index (χ3n) is 2.52. The number of amides is 1. The predicted molar refractivity (Wildman–Crippen MR) is 64.2 cm³/mol. The van der Waals surface area contributed by atoms with E-state index in [-0.39, 0.29) is 6.04 Å². The lowest BCUT2D eigenvalue weighted by molar-refractivity contribution is 0.1000. The van der Waals surface area contributed by atoms with Crippen molar-refractivity contribution in [2.24, 2.45) is 11.5 Å². The SMILES string of the molecule is CCC(CN)Nc1nccc(C)c1C(N)=O. The number of nitrogens with zero attached hydrogens (tertiary/aromatic N) is 1. The van der Waals surface area contributed by atoms with Crippen molar-refractivity contribution in [3.05, 3.63) is 23.4 Å². The number of pyridine rings is 1. The first-order valence-corrected chi connectivity index (χ1v) is 5.32. The fourth-order valence-corrected chi connectivity index (χ4v) is 1.50. The zero-order chi connectivity index (χ0) is 12.1. The topological polar surface area (TPSA) is 94.0 Å². The van der Waals surface area contributed by atoms with Crippen LogP contribution in [0, 0.1) is 6.92 Å². The lowest BCUT2D eigenvalue weighted by atomic mass is 10.1. The van der Waals surface area contributed by atoms with Crippen molar-refractivity contribution in [3.8, 4) is 0 Å². The highest BCUT2D eigenvalue weighted by Crippen LogP contribution is 2.17. The molecule has 0 bridgehead atoms. The molecule has 5 nitrogen and oxygen atoms in total. The summed E-state index contributed by atoms with van der Waals surface area (Å²) in [5, 5.41) is 3.13. The number of nitrogens with two attached hydrogens (primary N) is 2. The number of nitrogens with one attached hydrogen (secondary N) is 1. The number of carbonyl (C=O) groups excluding carboxylic acids is 1. The zero-order valence-electron chi connectivity index (χ0n) is 9.66. The van der Waals surface area contributed by atoms with Gasteiger partial charge in [-0.1, -0.05) is 6.92 Å². The molecule has 0 fully saturated rings. The molecule has 0 aromatic carbocycles. The van der Waals surface area contributed by atoms with Gasteiger partial charge in [0.05, 0.1) is 5.56 Å². The van der Waals surface area contributed by atoms with Gasteiger partial charge < -0.3 is 16.8 Å². The molecule has 1 unspecified atom stereocenters. The second kappa shape index (κ2) is 5.46. The van der Waals surface area contributed by atoms with Crippen molar-refractivity contribution >= 4 is 11.7 Å². The van der Waals surface area contributed by atoms with Gasteiger partial charge in [0, 0.05) is 18.8 Å². The van der Waals surface area contributed by atoms with E-state index in [4.69, 9.17) is 11.5 Å². The summed E-state index contributed by atoms with van der Waals surface area (Å²) in [6, 6.07) is 1.86. The van der Waals surface area contributed by atoms with Crippen LogP contribution in [0.25, 0.3) is 0 Å². The Hall–Kier alpha value is -1.62. The molecule has 0 saturated heterocycles. The van der Waals surface area contributed by atoms with Crippen LogP contribution in [0.4, 0.5) is 5.82 Å². The fourth-order valence-electron chi connectivity index (χ4n) is 1.50. The van der Waals surface area contributed by atoms with E-state index in [2.05, 4.69) is 10.3 Å². The van der Waals surface area contributed by atoms with Gasteiger partial charge in [-0.25, -0.2) is 4.98 Å². The molecule has 1 rings (SSSR count). The molecule has 1 aromatic heterocycles. The number of primary amides is 1. The van der Waals surface area contributed by atoms with Crippen molar-refractivity contribution < 1.29 is 4.79 Å². The van der Waals surface area contributed by atoms with Crippen molar-refractivity contribution in [2.75, 3.05) is 11.9 Å². The molecule has 0 radical (unpaired) electrons. The van der Waals surface area contributed by atoms with Crippen LogP contribution in [0.2, 0.25) is 0 Å². The van der Waals surface area contributed by atoms with Crippen LogP contribution in [0.1, 0.15) is 29.3 Å². The number of hydrogen-bond donors (Lipinski definition) is 3. The molecule has 0 saturated carbocycles. The van der Waals surface area contributed by atoms with Crippen molar-refractivity contribution in [2.45, 2.75) is 26.3 Å².